The lowest BCUT2D eigenvalue weighted by molar-refractivity contribution is -0.0941. The molecule has 9 heteroatoms. The number of nitrogens with two attached hydrogens (primary N) is 1. The van der Waals surface area contributed by atoms with Gasteiger partial charge in [-0.3, -0.25) is 10.3 Å². The molecule has 0 saturated heterocycles. The van der Waals surface area contributed by atoms with Crippen molar-refractivity contribution in [1.29, 1.82) is 0 Å². The summed E-state index contributed by atoms with van der Waals surface area (Å²) in [7, 11) is 2.01. The first-order valence-electron chi connectivity index (χ1n) is 8.36. The standard InChI is InChI=1S/C15H26N6O3/c1-3-11(24-10(6-22)7-23)21-8-17-12-13(20(2)9-4-5-9)18-15(16)19-14(12)21/h8-11,15,19,22-23H,3-7,16H2,1-2H3/t11-,15+/m1/s1. The van der Waals surface area contributed by atoms with Gasteiger partial charge < -0.3 is 25.2 Å². The van der Waals surface area contributed by atoms with Crippen LogP contribution in [0.15, 0.2) is 11.3 Å². The van der Waals surface area contributed by atoms with E-state index >= 15 is 0 Å². The summed E-state index contributed by atoms with van der Waals surface area (Å²) in [4.78, 5) is 11.1. The van der Waals surface area contributed by atoms with Gasteiger partial charge in [-0.2, -0.15) is 0 Å². The Hall–Kier alpha value is -1.68. The maximum absolute atomic E-state index is 9.26. The van der Waals surface area contributed by atoms with Gasteiger partial charge >= 0.3 is 0 Å². The molecule has 1 aromatic rings. The molecular formula is C15H26N6O3. The zero-order valence-corrected chi connectivity index (χ0v) is 14.1. The predicted octanol–water partition coefficient (Wildman–Crippen LogP) is -0.330. The molecule has 24 heavy (non-hydrogen) atoms. The predicted molar refractivity (Wildman–Crippen MR) is 89.5 cm³/mol. The molecular weight excluding hydrogens is 312 g/mol. The van der Waals surface area contributed by atoms with Gasteiger partial charge in [0.05, 0.1) is 19.5 Å². The van der Waals surface area contributed by atoms with E-state index in [4.69, 9.17) is 10.5 Å². The molecule has 1 aliphatic heterocycles. The third-order valence-electron chi connectivity index (χ3n) is 4.40. The summed E-state index contributed by atoms with van der Waals surface area (Å²) >= 11 is 0. The third kappa shape index (κ3) is 3.25. The number of anilines is 1. The zero-order chi connectivity index (χ0) is 17.3. The molecule has 3 rings (SSSR count). The highest BCUT2D eigenvalue weighted by Gasteiger charge is 2.34. The molecule has 0 aromatic carbocycles. The van der Waals surface area contributed by atoms with Crippen LogP contribution in [0.25, 0.3) is 0 Å². The van der Waals surface area contributed by atoms with Gasteiger partial charge in [0.25, 0.3) is 0 Å². The van der Waals surface area contributed by atoms with Crippen molar-refractivity contribution in [2.75, 3.05) is 25.6 Å². The summed E-state index contributed by atoms with van der Waals surface area (Å²) in [6.45, 7) is 1.48. The SMILES string of the molecule is CC[C@@H](OC(CO)CO)n1cnc2c1N[C@@H](N)N=C2N(C)C1CC1. The number of aliphatic hydroxyl groups excluding tert-OH is 2. The Morgan fingerprint density at radius 1 is 1.46 bits per heavy atom. The van der Waals surface area contributed by atoms with Gasteiger partial charge in [-0.05, 0) is 19.3 Å². The molecule has 9 nitrogen and oxygen atoms in total. The molecule has 2 heterocycles. The number of nitrogens with one attached hydrogen (secondary N) is 1. The molecule has 134 valence electrons. The number of aliphatic hydroxyl groups is 2. The van der Waals surface area contributed by atoms with E-state index in [1.807, 2.05) is 18.5 Å². The van der Waals surface area contributed by atoms with Gasteiger partial charge in [0.2, 0.25) is 0 Å². The van der Waals surface area contributed by atoms with Gasteiger partial charge in [0.15, 0.2) is 12.1 Å². The molecule has 5 N–H and O–H groups in total. The zero-order valence-electron chi connectivity index (χ0n) is 14.1. The van der Waals surface area contributed by atoms with Crippen molar-refractivity contribution < 1.29 is 14.9 Å². The fourth-order valence-electron chi connectivity index (χ4n) is 2.87. The Morgan fingerprint density at radius 2 is 2.17 bits per heavy atom. The van der Waals surface area contributed by atoms with Crippen molar-refractivity contribution in [1.82, 2.24) is 14.5 Å². The number of fused-ring (bicyclic) bond motifs is 1. The van der Waals surface area contributed by atoms with Crippen LogP contribution >= 0.6 is 0 Å². The topological polar surface area (TPSA) is 121 Å². The van der Waals surface area contributed by atoms with Crippen LogP contribution in [0.1, 0.15) is 38.1 Å². The number of amidine groups is 1. The number of aliphatic imine (C=N–C) groups is 1. The van der Waals surface area contributed by atoms with Crippen molar-refractivity contribution in [3.05, 3.63) is 12.0 Å². The van der Waals surface area contributed by atoms with Crippen LogP contribution in [-0.2, 0) is 4.74 Å². The van der Waals surface area contributed by atoms with Crippen LogP contribution in [0.3, 0.4) is 0 Å². The van der Waals surface area contributed by atoms with Crippen LogP contribution in [0, 0.1) is 0 Å². The summed E-state index contributed by atoms with van der Waals surface area (Å²) in [5.74, 6) is 1.54. The molecule has 1 aromatic heterocycles. The van der Waals surface area contributed by atoms with E-state index in [2.05, 4.69) is 20.2 Å². The number of hydrogen-bond donors (Lipinski definition) is 4. The van der Waals surface area contributed by atoms with Crippen molar-refractivity contribution >= 4 is 11.7 Å². The first kappa shape index (κ1) is 17.2. The molecule has 0 amide bonds. The molecule has 0 bridgehead atoms. The van der Waals surface area contributed by atoms with E-state index in [-0.39, 0.29) is 19.4 Å². The normalized spacial score (nSPS) is 21.2. The van der Waals surface area contributed by atoms with Crippen LogP contribution in [0.2, 0.25) is 0 Å². The maximum atomic E-state index is 9.26. The monoisotopic (exact) mass is 338 g/mol. The molecule has 0 radical (unpaired) electrons. The molecule has 1 fully saturated rings. The second kappa shape index (κ2) is 7.06. The van der Waals surface area contributed by atoms with E-state index in [0.717, 1.165) is 30.2 Å². The second-order valence-corrected chi connectivity index (χ2v) is 6.22. The summed E-state index contributed by atoms with van der Waals surface area (Å²) in [5, 5.41) is 21.7. The van der Waals surface area contributed by atoms with E-state index in [1.54, 1.807) is 6.33 Å². The minimum atomic E-state index is -0.632. The van der Waals surface area contributed by atoms with Crippen molar-refractivity contribution in [2.45, 2.75) is 50.8 Å². The maximum Gasteiger partial charge on any atom is 0.174 e. The van der Waals surface area contributed by atoms with Crippen molar-refractivity contribution in [2.24, 2.45) is 10.7 Å². The fraction of sp³-hybridized carbons (Fsp3) is 0.733. The van der Waals surface area contributed by atoms with Crippen LogP contribution in [0.4, 0.5) is 5.82 Å². The Kier molecular flexibility index (Phi) is 5.04. The fourth-order valence-corrected chi connectivity index (χ4v) is 2.87. The Morgan fingerprint density at radius 3 is 2.75 bits per heavy atom. The third-order valence-corrected chi connectivity index (χ3v) is 4.40. The van der Waals surface area contributed by atoms with Gasteiger partial charge in [-0.25, -0.2) is 9.98 Å². The Balaban J connectivity index is 1.88. The highest BCUT2D eigenvalue weighted by molar-refractivity contribution is 6.02. The smallest absolute Gasteiger partial charge is 0.174 e. The minimum absolute atomic E-state index is 0.242. The van der Waals surface area contributed by atoms with Crippen LogP contribution in [-0.4, -0.2) is 69.2 Å². The number of hydrogen-bond acceptors (Lipinski definition) is 8. The quantitative estimate of drug-likeness (QED) is 0.537. The molecule has 1 aliphatic carbocycles. The second-order valence-electron chi connectivity index (χ2n) is 6.22. The van der Waals surface area contributed by atoms with E-state index < -0.39 is 12.4 Å². The molecule has 2 aliphatic rings. The lowest BCUT2D eigenvalue weighted by Gasteiger charge is -2.29. The molecule has 0 unspecified atom stereocenters. The number of aromatic nitrogens is 2. The molecule has 0 spiro atoms. The lowest BCUT2D eigenvalue weighted by atomic mass is 10.3. The highest BCUT2D eigenvalue weighted by Crippen LogP contribution is 2.32. The summed E-state index contributed by atoms with van der Waals surface area (Å²) in [6.07, 6.45) is 3.11. The molecule has 1 saturated carbocycles. The average molecular weight is 338 g/mol. The Bertz CT molecular complexity index is 596. The summed E-state index contributed by atoms with van der Waals surface area (Å²) < 4.78 is 7.64. The lowest BCUT2D eigenvalue weighted by Crippen LogP contribution is -2.41. The number of ether oxygens (including phenoxy) is 1. The number of imidazole rings is 1. The molecule has 2 atom stereocenters. The van der Waals surface area contributed by atoms with Crippen molar-refractivity contribution in [3.63, 3.8) is 0 Å². The van der Waals surface area contributed by atoms with Crippen LogP contribution in [0.5, 0.6) is 0 Å². The first-order valence-corrected chi connectivity index (χ1v) is 8.36. The minimum Gasteiger partial charge on any atom is -0.394 e. The number of rotatable bonds is 7. The largest absolute Gasteiger partial charge is 0.394 e. The van der Waals surface area contributed by atoms with E-state index in [1.165, 1.54) is 0 Å². The summed E-state index contributed by atoms with van der Waals surface area (Å²) in [6, 6.07) is 0.499. The number of nitrogens with zero attached hydrogens (tertiary/aromatic N) is 4. The highest BCUT2D eigenvalue weighted by atomic mass is 16.5. The average Bonchev–Trinajstić information content (AvgIpc) is 3.36. The van der Waals surface area contributed by atoms with Gasteiger partial charge in [0, 0.05) is 13.1 Å². The van der Waals surface area contributed by atoms with E-state index in [9.17, 15) is 10.2 Å². The Labute approximate surface area is 141 Å². The van der Waals surface area contributed by atoms with Gasteiger partial charge in [-0.1, -0.05) is 6.92 Å². The van der Waals surface area contributed by atoms with E-state index in [0.29, 0.717) is 12.5 Å². The van der Waals surface area contributed by atoms with Gasteiger partial charge in [-0.15, -0.1) is 0 Å². The summed E-state index contributed by atoms with van der Waals surface area (Å²) in [5.41, 5.74) is 6.78. The van der Waals surface area contributed by atoms with Gasteiger partial charge in [0.1, 0.15) is 23.8 Å². The first-order chi connectivity index (χ1) is 11.6. The van der Waals surface area contributed by atoms with Crippen molar-refractivity contribution in [3.8, 4) is 0 Å². The van der Waals surface area contributed by atoms with Crippen LogP contribution < -0.4 is 11.1 Å².